The summed E-state index contributed by atoms with van der Waals surface area (Å²) >= 11 is 6.71. The van der Waals surface area contributed by atoms with Crippen LogP contribution < -0.4 is 9.62 Å². The van der Waals surface area contributed by atoms with Crippen LogP contribution in [-0.4, -0.2) is 27.5 Å². The van der Waals surface area contributed by atoms with Gasteiger partial charge in [-0.2, -0.15) is 0 Å². The topological polar surface area (TPSA) is 75.7 Å². The Hall–Kier alpha value is -1.75. The van der Waals surface area contributed by atoms with E-state index in [0.717, 1.165) is 16.2 Å². The monoisotopic (exact) mass is 436 g/mol. The van der Waals surface area contributed by atoms with E-state index >= 15 is 0 Å². The standard InChI is InChI=1S/C16H15ClF2N2O4S2/c1-9-11-6-10(7-20-27(23,24)15-5-4-13(17)26-15)2-3-12(11)21(8-14(18)19)16(22)25-9/h2-6,9,14,20H,7-8H2,1H3. The van der Waals surface area contributed by atoms with Gasteiger partial charge >= 0.3 is 6.09 Å². The maximum absolute atomic E-state index is 12.7. The molecule has 0 saturated heterocycles. The Balaban J connectivity index is 1.81. The molecular formula is C16H15ClF2N2O4S2. The number of hydrogen-bond donors (Lipinski definition) is 1. The summed E-state index contributed by atoms with van der Waals surface area (Å²) < 4.78 is 58.0. The van der Waals surface area contributed by atoms with Crippen molar-refractivity contribution in [3.8, 4) is 0 Å². The molecular weight excluding hydrogens is 422 g/mol. The predicted octanol–water partition coefficient (Wildman–Crippen LogP) is 4.16. The number of nitrogens with one attached hydrogen (secondary N) is 1. The summed E-state index contributed by atoms with van der Waals surface area (Å²) in [5, 5.41) is 0. The second-order valence-corrected chi connectivity index (χ2v) is 9.51. The molecule has 1 aromatic heterocycles. The molecule has 2 aromatic rings. The first-order chi connectivity index (χ1) is 12.7. The normalized spacial score (nSPS) is 17.1. The highest BCUT2D eigenvalue weighted by Gasteiger charge is 2.32. The largest absolute Gasteiger partial charge is 0.441 e. The molecule has 0 fully saturated rings. The number of hydrogen-bond acceptors (Lipinski definition) is 5. The number of amides is 1. The van der Waals surface area contributed by atoms with Gasteiger partial charge < -0.3 is 4.74 Å². The van der Waals surface area contributed by atoms with E-state index in [1.807, 2.05) is 0 Å². The molecule has 27 heavy (non-hydrogen) atoms. The second kappa shape index (κ2) is 7.70. The number of halogens is 3. The highest BCUT2D eigenvalue weighted by atomic mass is 35.5. The Kier molecular flexibility index (Phi) is 5.71. The Labute approximate surface area is 163 Å². The number of ether oxygens (including phenoxy) is 1. The molecule has 0 aliphatic carbocycles. The molecule has 0 radical (unpaired) electrons. The molecule has 146 valence electrons. The second-order valence-electron chi connectivity index (χ2n) is 5.80. The molecule has 0 spiro atoms. The van der Waals surface area contributed by atoms with Crippen molar-refractivity contribution >= 4 is 44.7 Å². The SMILES string of the molecule is CC1OC(=O)N(CC(F)F)c2ccc(CNS(=O)(=O)c3ccc(Cl)s3)cc21. The summed E-state index contributed by atoms with van der Waals surface area (Å²) in [5.41, 5.74) is 1.46. The van der Waals surface area contributed by atoms with Crippen LogP contribution in [0.1, 0.15) is 24.2 Å². The maximum atomic E-state index is 12.7. The summed E-state index contributed by atoms with van der Waals surface area (Å²) in [6, 6.07) is 7.63. The predicted molar refractivity (Wildman–Crippen MR) is 98.0 cm³/mol. The van der Waals surface area contributed by atoms with Gasteiger partial charge in [0.25, 0.3) is 6.43 Å². The number of benzene rings is 1. The summed E-state index contributed by atoms with van der Waals surface area (Å²) in [6.45, 7) is 0.836. The lowest BCUT2D eigenvalue weighted by Crippen LogP contribution is -2.40. The van der Waals surface area contributed by atoms with Crippen molar-refractivity contribution in [2.75, 3.05) is 11.4 Å². The highest BCUT2D eigenvalue weighted by Crippen LogP contribution is 2.35. The van der Waals surface area contributed by atoms with E-state index in [2.05, 4.69) is 4.72 Å². The Bertz CT molecular complexity index is 965. The van der Waals surface area contributed by atoms with E-state index in [4.69, 9.17) is 16.3 Å². The first-order valence-electron chi connectivity index (χ1n) is 7.81. The molecule has 1 unspecified atom stereocenters. The molecule has 0 bridgehead atoms. The van der Waals surface area contributed by atoms with Gasteiger partial charge in [0.2, 0.25) is 10.0 Å². The minimum atomic E-state index is -3.72. The smallest absolute Gasteiger partial charge is 0.415 e. The van der Waals surface area contributed by atoms with E-state index in [1.54, 1.807) is 19.1 Å². The first-order valence-corrected chi connectivity index (χ1v) is 10.5. The molecule has 2 heterocycles. The first kappa shape index (κ1) is 20.0. The molecule has 1 atom stereocenters. The summed E-state index contributed by atoms with van der Waals surface area (Å²) in [5.74, 6) is 0. The number of anilines is 1. The number of alkyl halides is 2. The van der Waals surface area contributed by atoms with E-state index in [9.17, 15) is 22.0 Å². The van der Waals surface area contributed by atoms with Gasteiger partial charge in [0, 0.05) is 12.1 Å². The van der Waals surface area contributed by atoms with Gasteiger partial charge in [-0.15, -0.1) is 11.3 Å². The lowest BCUT2D eigenvalue weighted by molar-refractivity contribution is 0.0972. The van der Waals surface area contributed by atoms with Crippen LogP contribution in [0.15, 0.2) is 34.5 Å². The number of carbonyl (C=O) groups is 1. The van der Waals surface area contributed by atoms with Gasteiger partial charge in [-0.1, -0.05) is 17.7 Å². The summed E-state index contributed by atoms with van der Waals surface area (Å²) in [6.07, 6.45) is -4.17. The third kappa shape index (κ3) is 4.40. The number of nitrogens with zero attached hydrogens (tertiary/aromatic N) is 1. The van der Waals surface area contributed by atoms with E-state index < -0.39 is 35.2 Å². The van der Waals surface area contributed by atoms with Crippen LogP contribution in [-0.2, 0) is 21.3 Å². The van der Waals surface area contributed by atoms with Crippen LogP contribution in [0.3, 0.4) is 0 Å². The number of rotatable bonds is 6. The zero-order valence-corrected chi connectivity index (χ0v) is 16.4. The van der Waals surface area contributed by atoms with Crippen molar-refractivity contribution in [1.82, 2.24) is 4.72 Å². The fourth-order valence-electron chi connectivity index (χ4n) is 2.66. The molecule has 3 rings (SSSR count). The third-order valence-corrected chi connectivity index (χ3v) is 7.04. The minimum absolute atomic E-state index is 0.0132. The molecule has 1 aliphatic rings. The van der Waals surface area contributed by atoms with Gasteiger partial charge in [-0.25, -0.2) is 26.7 Å². The minimum Gasteiger partial charge on any atom is -0.441 e. The Morgan fingerprint density at radius 3 is 2.70 bits per heavy atom. The molecule has 1 aliphatic heterocycles. The van der Waals surface area contributed by atoms with Crippen LogP contribution >= 0.6 is 22.9 Å². The van der Waals surface area contributed by atoms with E-state index in [-0.39, 0.29) is 10.8 Å². The number of carbonyl (C=O) groups excluding carboxylic acids is 1. The lowest BCUT2D eigenvalue weighted by Gasteiger charge is -2.32. The van der Waals surface area contributed by atoms with Crippen LogP contribution in [0.25, 0.3) is 0 Å². The lowest BCUT2D eigenvalue weighted by atomic mass is 10.0. The zero-order valence-electron chi connectivity index (χ0n) is 14.0. The summed E-state index contributed by atoms with van der Waals surface area (Å²) in [4.78, 5) is 12.7. The number of cyclic esters (lactones) is 1. The molecule has 6 nitrogen and oxygen atoms in total. The van der Waals surface area contributed by atoms with Gasteiger partial charge in [0.05, 0.1) is 16.6 Å². The van der Waals surface area contributed by atoms with Gasteiger partial charge in [0.15, 0.2) is 0 Å². The van der Waals surface area contributed by atoms with Gasteiger partial charge in [-0.3, -0.25) is 4.90 Å². The van der Waals surface area contributed by atoms with E-state index in [1.165, 1.54) is 18.2 Å². The van der Waals surface area contributed by atoms with Gasteiger partial charge in [-0.05, 0) is 36.8 Å². The average molecular weight is 437 g/mol. The third-order valence-electron chi connectivity index (χ3n) is 3.92. The Morgan fingerprint density at radius 2 is 2.07 bits per heavy atom. The van der Waals surface area contributed by atoms with Gasteiger partial charge in [0.1, 0.15) is 10.3 Å². The zero-order chi connectivity index (χ0) is 19.8. The fourth-order valence-corrected chi connectivity index (χ4v) is 5.21. The molecule has 1 aromatic carbocycles. The number of thiophene rings is 1. The maximum Gasteiger partial charge on any atom is 0.415 e. The molecule has 1 N–H and O–H groups in total. The van der Waals surface area contributed by atoms with Crippen molar-refractivity contribution in [2.24, 2.45) is 0 Å². The average Bonchev–Trinajstić information content (AvgIpc) is 3.04. The number of sulfonamides is 1. The van der Waals surface area contributed by atoms with Crippen LogP contribution in [0.5, 0.6) is 0 Å². The van der Waals surface area contributed by atoms with Crippen molar-refractivity contribution in [3.63, 3.8) is 0 Å². The Morgan fingerprint density at radius 1 is 1.33 bits per heavy atom. The van der Waals surface area contributed by atoms with Crippen molar-refractivity contribution in [1.29, 1.82) is 0 Å². The van der Waals surface area contributed by atoms with E-state index in [0.29, 0.717) is 21.2 Å². The molecule has 1 amide bonds. The molecule has 11 heteroatoms. The highest BCUT2D eigenvalue weighted by molar-refractivity contribution is 7.91. The van der Waals surface area contributed by atoms with Crippen LogP contribution in [0.4, 0.5) is 19.3 Å². The fraction of sp³-hybridized carbons (Fsp3) is 0.312. The summed E-state index contributed by atoms with van der Waals surface area (Å²) in [7, 11) is -3.72. The van der Waals surface area contributed by atoms with Crippen molar-refractivity contribution in [3.05, 3.63) is 45.8 Å². The number of fused-ring (bicyclic) bond motifs is 1. The van der Waals surface area contributed by atoms with Crippen molar-refractivity contribution < 1.29 is 26.7 Å². The molecule has 0 saturated carbocycles. The van der Waals surface area contributed by atoms with Crippen molar-refractivity contribution in [2.45, 2.75) is 30.2 Å². The quantitative estimate of drug-likeness (QED) is 0.737. The van der Waals surface area contributed by atoms with Crippen LogP contribution in [0.2, 0.25) is 4.34 Å². The van der Waals surface area contributed by atoms with Crippen LogP contribution in [0, 0.1) is 0 Å².